The molecule has 0 radical (unpaired) electrons. The van der Waals surface area contributed by atoms with Gasteiger partial charge in [-0.05, 0) is 12.1 Å². The number of hydrogen-bond donors (Lipinski definition) is 0. The molecule has 0 bridgehead atoms. The summed E-state index contributed by atoms with van der Waals surface area (Å²) in [5.41, 5.74) is 0.194. The zero-order chi connectivity index (χ0) is 11.9. The SMILES string of the molecule is COc1ccc2c(c1)O[C@@]1(CCOC1)CC2=O. The van der Waals surface area contributed by atoms with E-state index in [9.17, 15) is 4.79 Å². The van der Waals surface area contributed by atoms with Gasteiger partial charge in [0.15, 0.2) is 5.78 Å². The summed E-state index contributed by atoms with van der Waals surface area (Å²) in [6, 6.07) is 5.31. The van der Waals surface area contributed by atoms with Gasteiger partial charge < -0.3 is 14.2 Å². The van der Waals surface area contributed by atoms with E-state index in [0.29, 0.717) is 36.7 Å². The zero-order valence-corrected chi connectivity index (χ0v) is 9.69. The Morgan fingerprint density at radius 3 is 3.00 bits per heavy atom. The molecule has 2 heterocycles. The van der Waals surface area contributed by atoms with Crippen LogP contribution in [0.3, 0.4) is 0 Å². The number of carbonyl (C=O) groups is 1. The van der Waals surface area contributed by atoms with E-state index in [4.69, 9.17) is 14.2 Å². The summed E-state index contributed by atoms with van der Waals surface area (Å²) in [5.74, 6) is 1.44. The van der Waals surface area contributed by atoms with Crippen LogP contribution in [0.2, 0.25) is 0 Å². The second-order valence-corrected chi connectivity index (χ2v) is 4.55. The fourth-order valence-corrected chi connectivity index (χ4v) is 2.41. The first-order valence-corrected chi connectivity index (χ1v) is 5.70. The minimum Gasteiger partial charge on any atom is -0.497 e. The third-order valence-corrected chi connectivity index (χ3v) is 3.37. The van der Waals surface area contributed by atoms with Crippen LogP contribution in [0, 0.1) is 0 Å². The Labute approximate surface area is 99.5 Å². The number of hydrogen-bond acceptors (Lipinski definition) is 4. The van der Waals surface area contributed by atoms with Crippen molar-refractivity contribution in [2.75, 3.05) is 20.3 Å². The van der Waals surface area contributed by atoms with Crippen molar-refractivity contribution in [3.8, 4) is 11.5 Å². The number of carbonyl (C=O) groups excluding carboxylic acids is 1. The third kappa shape index (κ3) is 1.69. The summed E-state index contributed by atoms with van der Waals surface area (Å²) in [5, 5.41) is 0. The van der Waals surface area contributed by atoms with Crippen molar-refractivity contribution in [3.63, 3.8) is 0 Å². The molecule has 1 spiro atoms. The summed E-state index contributed by atoms with van der Waals surface area (Å²) in [4.78, 5) is 12.1. The first kappa shape index (κ1) is 10.6. The second kappa shape index (κ2) is 3.74. The Hall–Kier alpha value is -1.55. The van der Waals surface area contributed by atoms with Crippen molar-refractivity contribution >= 4 is 5.78 Å². The number of ether oxygens (including phenoxy) is 3. The molecule has 0 aliphatic carbocycles. The van der Waals surface area contributed by atoms with Gasteiger partial charge in [0.25, 0.3) is 0 Å². The van der Waals surface area contributed by atoms with Gasteiger partial charge in [-0.25, -0.2) is 0 Å². The average molecular weight is 234 g/mol. The number of benzene rings is 1. The summed E-state index contributed by atoms with van der Waals surface area (Å²) in [6.45, 7) is 1.15. The van der Waals surface area contributed by atoms with Crippen LogP contribution in [-0.2, 0) is 4.74 Å². The molecule has 2 aliphatic rings. The lowest BCUT2D eigenvalue weighted by Crippen LogP contribution is -2.42. The molecule has 17 heavy (non-hydrogen) atoms. The lowest BCUT2D eigenvalue weighted by Gasteiger charge is -2.33. The third-order valence-electron chi connectivity index (χ3n) is 3.37. The fraction of sp³-hybridized carbons (Fsp3) is 0.462. The summed E-state index contributed by atoms with van der Waals surface area (Å²) in [6.07, 6.45) is 1.18. The Kier molecular flexibility index (Phi) is 2.33. The van der Waals surface area contributed by atoms with E-state index in [1.165, 1.54) is 0 Å². The normalized spacial score (nSPS) is 26.8. The molecule has 1 fully saturated rings. The maximum atomic E-state index is 12.1. The molecular weight excluding hydrogens is 220 g/mol. The molecule has 0 amide bonds. The predicted molar refractivity (Wildman–Crippen MR) is 60.7 cm³/mol. The van der Waals surface area contributed by atoms with Gasteiger partial charge in [0.05, 0.1) is 32.3 Å². The zero-order valence-electron chi connectivity index (χ0n) is 9.69. The van der Waals surface area contributed by atoms with Gasteiger partial charge in [-0.1, -0.05) is 0 Å². The molecule has 1 aromatic rings. The van der Waals surface area contributed by atoms with E-state index in [1.54, 1.807) is 25.3 Å². The number of methoxy groups -OCH3 is 1. The molecular formula is C13H14O4. The smallest absolute Gasteiger partial charge is 0.170 e. The largest absolute Gasteiger partial charge is 0.497 e. The Morgan fingerprint density at radius 2 is 2.29 bits per heavy atom. The van der Waals surface area contributed by atoms with Gasteiger partial charge in [0.1, 0.15) is 17.1 Å². The van der Waals surface area contributed by atoms with Gasteiger partial charge in [0, 0.05) is 12.5 Å². The van der Waals surface area contributed by atoms with E-state index in [0.717, 1.165) is 6.42 Å². The molecule has 4 nitrogen and oxygen atoms in total. The van der Waals surface area contributed by atoms with Crippen molar-refractivity contribution in [3.05, 3.63) is 23.8 Å². The predicted octanol–water partition coefficient (Wildman–Crippen LogP) is 1.82. The van der Waals surface area contributed by atoms with Crippen molar-refractivity contribution in [2.45, 2.75) is 18.4 Å². The minimum atomic E-state index is -0.448. The number of Topliss-reactive ketones (excluding diaryl/α,β-unsaturated/α-hetero) is 1. The lowest BCUT2D eigenvalue weighted by atomic mass is 9.89. The highest BCUT2D eigenvalue weighted by molar-refractivity contribution is 6.00. The Bertz CT molecular complexity index is 460. The molecule has 1 atom stereocenters. The van der Waals surface area contributed by atoms with Crippen LogP contribution in [-0.4, -0.2) is 31.7 Å². The summed E-state index contributed by atoms with van der Waals surface area (Å²) >= 11 is 0. The van der Waals surface area contributed by atoms with E-state index in [2.05, 4.69) is 0 Å². The van der Waals surface area contributed by atoms with Gasteiger partial charge in [-0.3, -0.25) is 4.79 Å². The quantitative estimate of drug-likeness (QED) is 0.743. The van der Waals surface area contributed by atoms with Crippen LogP contribution >= 0.6 is 0 Å². The molecule has 0 aromatic heterocycles. The summed E-state index contributed by atoms with van der Waals surface area (Å²) < 4.78 is 16.5. The molecule has 2 aliphatic heterocycles. The van der Waals surface area contributed by atoms with Crippen molar-refractivity contribution in [1.29, 1.82) is 0 Å². The standard InChI is InChI=1S/C13H14O4/c1-15-9-2-3-10-11(14)7-13(4-5-16-8-13)17-12(10)6-9/h2-3,6H,4-5,7-8H2,1H3/t13-/m0/s1. The second-order valence-electron chi connectivity index (χ2n) is 4.55. The minimum absolute atomic E-state index is 0.124. The van der Waals surface area contributed by atoms with Crippen LogP contribution < -0.4 is 9.47 Å². The van der Waals surface area contributed by atoms with Crippen molar-refractivity contribution < 1.29 is 19.0 Å². The van der Waals surface area contributed by atoms with Crippen LogP contribution in [0.1, 0.15) is 23.2 Å². The lowest BCUT2D eigenvalue weighted by molar-refractivity contribution is 0.0304. The highest BCUT2D eigenvalue weighted by Gasteiger charge is 2.43. The molecule has 0 N–H and O–H groups in total. The highest BCUT2D eigenvalue weighted by Crippen LogP contribution is 2.39. The van der Waals surface area contributed by atoms with Crippen molar-refractivity contribution in [2.24, 2.45) is 0 Å². The molecule has 90 valence electrons. The van der Waals surface area contributed by atoms with Gasteiger partial charge in [-0.2, -0.15) is 0 Å². The molecule has 0 unspecified atom stereocenters. The van der Waals surface area contributed by atoms with Crippen LogP contribution in [0.4, 0.5) is 0 Å². The van der Waals surface area contributed by atoms with E-state index in [1.807, 2.05) is 0 Å². The molecule has 0 saturated carbocycles. The fourth-order valence-electron chi connectivity index (χ4n) is 2.41. The Balaban J connectivity index is 2.00. The van der Waals surface area contributed by atoms with Gasteiger partial charge in [0.2, 0.25) is 0 Å². The molecule has 3 rings (SSSR count). The van der Waals surface area contributed by atoms with E-state index < -0.39 is 5.60 Å². The molecule has 4 heteroatoms. The monoisotopic (exact) mass is 234 g/mol. The van der Waals surface area contributed by atoms with E-state index in [-0.39, 0.29) is 5.78 Å². The molecule has 1 saturated heterocycles. The maximum absolute atomic E-state index is 12.1. The van der Waals surface area contributed by atoms with Crippen molar-refractivity contribution in [1.82, 2.24) is 0 Å². The van der Waals surface area contributed by atoms with E-state index >= 15 is 0 Å². The number of ketones is 1. The number of rotatable bonds is 1. The van der Waals surface area contributed by atoms with Crippen LogP contribution in [0.25, 0.3) is 0 Å². The highest BCUT2D eigenvalue weighted by atomic mass is 16.6. The van der Waals surface area contributed by atoms with Gasteiger partial charge >= 0.3 is 0 Å². The maximum Gasteiger partial charge on any atom is 0.170 e. The Morgan fingerprint density at radius 1 is 1.41 bits per heavy atom. The summed E-state index contributed by atoms with van der Waals surface area (Å²) in [7, 11) is 1.60. The van der Waals surface area contributed by atoms with Crippen LogP contribution in [0.15, 0.2) is 18.2 Å². The van der Waals surface area contributed by atoms with Gasteiger partial charge in [-0.15, -0.1) is 0 Å². The first-order chi connectivity index (χ1) is 8.22. The van der Waals surface area contributed by atoms with Crippen LogP contribution in [0.5, 0.6) is 11.5 Å². The molecule has 1 aromatic carbocycles. The number of fused-ring (bicyclic) bond motifs is 1. The average Bonchev–Trinajstić information content (AvgIpc) is 2.76. The first-order valence-electron chi connectivity index (χ1n) is 5.70. The topological polar surface area (TPSA) is 44.8 Å².